The average molecular weight is 278 g/mol. The Kier molecular flexibility index (Phi) is 4.14. The Hall–Kier alpha value is -0.530. The quantitative estimate of drug-likeness (QED) is 0.750. The maximum absolute atomic E-state index is 6.50. The van der Waals surface area contributed by atoms with E-state index in [1.54, 1.807) is 11.1 Å². The van der Waals surface area contributed by atoms with Gasteiger partial charge < -0.3 is 0 Å². The third-order valence-electron chi connectivity index (χ3n) is 4.81. The molecular formula is C17H24ClN. The predicted molar refractivity (Wildman–Crippen MR) is 81.8 cm³/mol. The molecule has 2 atom stereocenters. The van der Waals surface area contributed by atoms with Crippen molar-refractivity contribution in [2.75, 3.05) is 7.05 Å². The molecule has 19 heavy (non-hydrogen) atoms. The van der Waals surface area contributed by atoms with Crippen LogP contribution in [-0.4, -0.2) is 23.4 Å². The van der Waals surface area contributed by atoms with E-state index >= 15 is 0 Å². The smallest absolute Gasteiger partial charge is 0.0491 e. The zero-order valence-corrected chi connectivity index (χ0v) is 12.6. The topological polar surface area (TPSA) is 3.24 Å². The molecule has 0 spiro atoms. The molecule has 2 heteroatoms. The Morgan fingerprint density at radius 3 is 2.74 bits per heavy atom. The van der Waals surface area contributed by atoms with Crippen molar-refractivity contribution in [3.05, 3.63) is 34.9 Å². The molecule has 1 fully saturated rings. The molecule has 0 amide bonds. The zero-order valence-electron chi connectivity index (χ0n) is 11.9. The minimum absolute atomic E-state index is 0.341. The molecule has 2 aliphatic rings. The van der Waals surface area contributed by atoms with Crippen LogP contribution in [-0.2, 0) is 19.4 Å². The highest BCUT2D eigenvalue weighted by atomic mass is 35.5. The first-order valence-corrected chi connectivity index (χ1v) is 8.12. The van der Waals surface area contributed by atoms with E-state index in [9.17, 15) is 0 Å². The highest BCUT2D eigenvalue weighted by Gasteiger charge is 2.26. The lowest BCUT2D eigenvalue weighted by Crippen LogP contribution is -2.40. The first-order chi connectivity index (χ1) is 9.24. The molecule has 0 N–H and O–H groups in total. The Morgan fingerprint density at radius 2 is 1.89 bits per heavy atom. The van der Waals surface area contributed by atoms with E-state index in [2.05, 4.69) is 30.1 Å². The predicted octanol–water partition coefficient (Wildman–Crippen LogP) is 4.16. The maximum atomic E-state index is 6.50. The molecule has 3 rings (SSSR count). The summed E-state index contributed by atoms with van der Waals surface area (Å²) in [5, 5.41) is 0.341. The molecule has 1 aromatic rings. The van der Waals surface area contributed by atoms with Crippen LogP contribution in [0.5, 0.6) is 0 Å². The number of nitrogens with zero attached hydrogens (tertiary/aromatic N) is 1. The summed E-state index contributed by atoms with van der Waals surface area (Å²) in [5.41, 5.74) is 4.61. The third-order valence-corrected chi connectivity index (χ3v) is 5.32. The lowest BCUT2D eigenvalue weighted by Gasteiger charge is -2.35. The summed E-state index contributed by atoms with van der Waals surface area (Å²) in [4.78, 5) is 2.47. The third kappa shape index (κ3) is 2.98. The molecule has 104 valence electrons. The number of hydrogen-bond acceptors (Lipinski definition) is 1. The molecule has 0 saturated heterocycles. The fourth-order valence-corrected chi connectivity index (χ4v) is 4.16. The maximum Gasteiger partial charge on any atom is 0.0491 e. The molecule has 0 aromatic heterocycles. The molecule has 0 bridgehead atoms. The van der Waals surface area contributed by atoms with Crippen molar-refractivity contribution in [1.29, 1.82) is 0 Å². The van der Waals surface area contributed by atoms with Gasteiger partial charge in [-0.2, -0.15) is 0 Å². The van der Waals surface area contributed by atoms with E-state index in [0.29, 0.717) is 11.4 Å². The van der Waals surface area contributed by atoms with Gasteiger partial charge in [-0.3, -0.25) is 4.90 Å². The van der Waals surface area contributed by atoms with E-state index in [-0.39, 0.29) is 0 Å². The molecule has 2 unspecified atom stereocenters. The highest BCUT2D eigenvalue weighted by molar-refractivity contribution is 6.21. The number of aryl methyl sites for hydroxylation is 2. The van der Waals surface area contributed by atoms with Gasteiger partial charge in [0.25, 0.3) is 0 Å². The highest BCUT2D eigenvalue weighted by Crippen LogP contribution is 2.28. The number of halogens is 1. The molecule has 1 aromatic carbocycles. The lowest BCUT2D eigenvalue weighted by molar-refractivity contribution is 0.188. The summed E-state index contributed by atoms with van der Waals surface area (Å²) in [7, 11) is 2.23. The van der Waals surface area contributed by atoms with E-state index in [1.807, 2.05) is 0 Å². The summed E-state index contributed by atoms with van der Waals surface area (Å²) in [6, 6.07) is 7.63. The van der Waals surface area contributed by atoms with Gasteiger partial charge in [-0.25, -0.2) is 0 Å². The number of fused-ring (bicyclic) bond motifs is 1. The van der Waals surface area contributed by atoms with Gasteiger partial charge in [0, 0.05) is 18.0 Å². The second-order valence-electron chi connectivity index (χ2n) is 6.24. The Labute approximate surface area is 121 Å². The van der Waals surface area contributed by atoms with Crippen LogP contribution in [0.25, 0.3) is 0 Å². The second-order valence-corrected chi connectivity index (χ2v) is 6.80. The van der Waals surface area contributed by atoms with Crippen molar-refractivity contribution in [3.8, 4) is 0 Å². The Balaban J connectivity index is 1.67. The number of benzene rings is 1. The van der Waals surface area contributed by atoms with Crippen molar-refractivity contribution in [3.63, 3.8) is 0 Å². The number of hydrogen-bond donors (Lipinski definition) is 0. The minimum Gasteiger partial charge on any atom is -0.298 e. The molecule has 0 radical (unpaired) electrons. The van der Waals surface area contributed by atoms with Crippen LogP contribution < -0.4 is 0 Å². The van der Waals surface area contributed by atoms with Gasteiger partial charge in [0.1, 0.15) is 0 Å². The number of rotatable bonds is 3. The minimum atomic E-state index is 0.341. The monoisotopic (exact) mass is 277 g/mol. The summed E-state index contributed by atoms with van der Waals surface area (Å²) in [6.45, 7) is 1.04. The first kappa shape index (κ1) is 13.5. The second kappa shape index (κ2) is 5.85. The fourth-order valence-electron chi connectivity index (χ4n) is 3.69. The summed E-state index contributed by atoms with van der Waals surface area (Å²) in [5.74, 6) is 0. The SMILES string of the molecule is CN(Cc1ccc2c(c1)CCC2)C1CCCCC1Cl. The van der Waals surface area contributed by atoms with E-state index < -0.39 is 0 Å². The van der Waals surface area contributed by atoms with Gasteiger partial charge in [0.15, 0.2) is 0 Å². The summed E-state index contributed by atoms with van der Waals surface area (Å²) < 4.78 is 0. The van der Waals surface area contributed by atoms with E-state index in [4.69, 9.17) is 11.6 Å². The van der Waals surface area contributed by atoms with Crippen molar-refractivity contribution in [1.82, 2.24) is 4.90 Å². The van der Waals surface area contributed by atoms with Gasteiger partial charge in [0.05, 0.1) is 0 Å². The summed E-state index contributed by atoms with van der Waals surface area (Å²) in [6.07, 6.45) is 8.96. The number of alkyl halides is 1. The van der Waals surface area contributed by atoms with Crippen molar-refractivity contribution in [2.24, 2.45) is 0 Å². The summed E-state index contributed by atoms with van der Waals surface area (Å²) >= 11 is 6.50. The zero-order chi connectivity index (χ0) is 13.2. The van der Waals surface area contributed by atoms with Gasteiger partial charge >= 0.3 is 0 Å². The van der Waals surface area contributed by atoms with Gasteiger partial charge in [-0.15, -0.1) is 11.6 Å². The van der Waals surface area contributed by atoms with Crippen molar-refractivity contribution >= 4 is 11.6 Å². The van der Waals surface area contributed by atoms with Crippen LogP contribution in [0.3, 0.4) is 0 Å². The molecule has 0 aliphatic heterocycles. The Morgan fingerprint density at radius 1 is 1.11 bits per heavy atom. The van der Waals surface area contributed by atoms with Crippen molar-refractivity contribution < 1.29 is 0 Å². The van der Waals surface area contributed by atoms with Gasteiger partial charge in [-0.1, -0.05) is 31.0 Å². The van der Waals surface area contributed by atoms with Crippen LogP contribution in [0, 0.1) is 0 Å². The first-order valence-electron chi connectivity index (χ1n) is 7.69. The van der Waals surface area contributed by atoms with Crippen molar-refractivity contribution in [2.45, 2.75) is 62.9 Å². The fraction of sp³-hybridized carbons (Fsp3) is 0.647. The normalized spacial score (nSPS) is 26.7. The van der Waals surface area contributed by atoms with E-state index in [0.717, 1.165) is 6.54 Å². The Bertz CT molecular complexity index is 443. The average Bonchev–Trinajstić information content (AvgIpc) is 2.86. The molecular weight excluding hydrogens is 254 g/mol. The lowest BCUT2D eigenvalue weighted by atomic mass is 9.93. The molecule has 1 nitrogen and oxygen atoms in total. The van der Waals surface area contributed by atoms with Crippen LogP contribution in [0.2, 0.25) is 0 Å². The molecule has 1 saturated carbocycles. The molecule has 0 heterocycles. The van der Waals surface area contributed by atoms with E-state index in [1.165, 1.54) is 50.5 Å². The van der Waals surface area contributed by atoms with Crippen LogP contribution in [0.4, 0.5) is 0 Å². The molecule has 2 aliphatic carbocycles. The van der Waals surface area contributed by atoms with Gasteiger partial charge in [0.2, 0.25) is 0 Å². The van der Waals surface area contributed by atoms with Crippen LogP contribution in [0.15, 0.2) is 18.2 Å². The standard InChI is InChI=1S/C17H24ClN/c1-19(17-8-3-2-7-16(17)18)12-13-9-10-14-5-4-6-15(14)11-13/h9-11,16-17H,2-8,12H2,1H3. The van der Waals surface area contributed by atoms with Crippen LogP contribution >= 0.6 is 11.6 Å². The largest absolute Gasteiger partial charge is 0.298 e. The van der Waals surface area contributed by atoms with Gasteiger partial charge in [-0.05, 0) is 55.8 Å². The van der Waals surface area contributed by atoms with Crippen LogP contribution in [0.1, 0.15) is 48.8 Å².